The van der Waals surface area contributed by atoms with Crippen LogP contribution in [0.1, 0.15) is 5.69 Å². The van der Waals surface area contributed by atoms with Gasteiger partial charge >= 0.3 is 0 Å². The number of thioether (sulfide) groups is 2. The maximum absolute atomic E-state index is 4.40. The molecule has 0 aliphatic heterocycles. The van der Waals surface area contributed by atoms with Crippen molar-refractivity contribution < 1.29 is 0 Å². The first-order valence-electron chi connectivity index (χ1n) is 4.42. The number of hydrogen-bond donors (Lipinski definition) is 0. The largest absolute Gasteiger partial charge is 0.238 e. The van der Waals surface area contributed by atoms with Gasteiger partial charge in [-0.3, -0.25) is 0 Å². The van der Waals surface area contributed by atoms with Crippen LogP contribution >= 0.6 is 46.2 Å². The highest BCUT2D eigenvalue weighted by atomic mass is 32.2. The lowest BCUT2D eigenvalue weighted by Gasteiger charge is -1.95. The fraction of sp³-hybridized carbons (Fsp3) is 0.333. The van der Waals surface area contributed by atoms with Gasteiger partial charge in [0.05, 0.1) is 0 Å². The summed E-state index contributed by atoms with van der Waals surface area (Å²) >= 11 is 7.07. The number of nitrogens with zero attached hydrogens (tertiary/aromatic N) is 2. The molecule has 0 amide bonds. The molecule has 0 atom stereocenters. The van der Waals surface area contributed by atoms with Crippen molar-refractivity contribution in [3.8, 4) is 0 Å². The van der Waals surface area contributed by atoms with Gasteiger partial charge < -0.3 is 0 Å². The highest BCUT2D eigenvalue weighted by Gasteiger charge is 2.00. The monoisotopic (exact) mass is 274 g/mol. The number of thiazole rings is 2. The van der Waals surface area contributed by atoms with E-state index in [0.717, 1.165) is 21.5 Å². The fourth-order valence-corrected chi connectivity index (χ4v) is 4.53. The van der Waals surface area contributed by atoms with Gasteiger partial charge in [0.25, 0.3) is 0 Å². The molecule has 6 heteroatoms. The van der Waals surface area contributed by atoms with E-state index in [1.807, 2.05) is 42.0 Å². The van der Waals surface area contributed by atoms with E-state index in [0.29, 0.717) is 0 Å². The van der Waals surface area contributed by atoms with Gasteiger partial charge in [-0.1, -0.05) is 23.5 Å². The van der Waals surface area contributed by atoms with Gasteiger partial charge in [0, 0.05) is 34.2 Å². The van der Waals surface area contributed by atoms with Gasteiger partial charge in [-0.2, -0.15) is 0 Å². The zero-order valence-corrected chi connectivity index (χ0v) is 11.4. The molecule has 0 aromatic carbocycles. The molecular weight excluding hydrogens is 264 g/mol. The summed E-state index contributed by atoms with van der Waals surface area (Å²) in [6.07, 6.45) is 1.85. The quantitative estimate of drug-likeness (QED) is 0.612. The molecular formula is C9H10N2S4. The molecule has 0 spiro atoms. The van der Waals surface area contributed by atoms with E-state index >= 15 is 0 Å². The Bertz CT molecular complexity index is 396. The van der Waals surface area contributed by atoms with E-state index in [-0.39, 0.29) is 0 Å². The molecule has 0 saturated heterocycles. The zero-order chi connectivity index (χ0) is 10.5. The van der Waals surface area contributed by atoms with Crippen LogP contribution in [0, 0.1) is 6.92 Å². The molecule has 0 aliphatic carbocycles. The fourth-order valence-electron chi connectivity index (χ4n) is 0.938. The predicted octanol–water partition coefficient (Wildman–Crippen LogP) is 3.79. The standard InChI is InChI=1S/C9H10N2S4/c1-7-6-15-9(11-7)14-5-4-13-8-10-2-3-12-8/h2-3,6H,4-5H2,1H3. The third-order valence-electron chi connectivity index (χ3n) is 1.54. The van der Waals surface area contributed by atoms with E-state index in [9.17, 15) is 0 Å². The molecule has 0 bridgehead atoms. The Morgan fingerprint density at radius 3 is 2.60 bits per heavy atom. The Hall–Kier alpha value is -0.0400. The molecule has 2 aromatic heterocycles. The Morgan fingerprint density at radius 2 is 2.00 bits per heavy atom. The Morgan fingerprint density at radius 1 is 1.20 bits per heavy atom. The van der Waals surface area contributed by atoms with Crippen molar-refractivity contribution in [3.05, 3.63) is 22.7 Å². The molecule has 80 valence electrons. The van der Waals surface area contributed by atoms with Crippen molar-refractivity contribution in [2.24, 2.45) is 0 Å². The molecule has 15 heavy (non-hydrogen) atoms. The Kier molecular flexibility index (Phi) is 4.49. The second kappa shape index (κ2) is 5.89. The van der Waals surface area contributed by atoms with E-state index in [4.69, 9.17) is 0 Å². The third-order valence-corrected chi connectivity index (χ3v) is 5.91. The van der Waals surface area contributed by atoms with Crippen molar-refractivity contribution in [2.75, 3.05) is 11.5 Å². The van der Waals surface area contributed by atoms with E-state index in [1.54, 1.807) is 22.7 Å². The minimum absolute atomic E-state index is 1.09. The van der Waals surface area contributed by atoms with Gasteiger partial charge in [0.15, 0.2) is 0 Å². The Labute approximate surface area is 106 Å². The third kappa shape index (κ3) is 3.79. The summed E-state index contributed by atoms with van der Waals surface area (Å²) in [4.78, 5) is 8.63. The minimum atomic E-state index is 1.09. The van der Waals surface area contributed by atoms with Crippen molar-refractivity contribution >= 4 is 46.2 Å². The molecule has 0 radical (unpaired) electrons. The summed E-state index contributed by atoms with van der Waals surface area (Å²) in [5.74, 6) is 2.19. The van der Waals surface area contributed by atoms with Gasteiger partial charge in [-0.05, 0) is 6.92 Å². The average Bonchev–Trinajstić information content (AvgIpc) is 2.84. The minimum Gasteiger partial charge on any atom is -0.238 e. The van der Waals surface area contributed by atoms with Gasteiger partial charge in [-0.15, -0.1) is 22.7 Å². The molecule has 2 heterocycles. The van der Waals surface area contributed by atoms with Crippen LogP contribution in [0.2, 0.25) is 0 Å². The number of aromatic nitrogens is 2. The maximum atomic E-state index is 4.40. The van der Waals surface area contributed by atoms with Crippen molar-refractivity contribution in [2.45, 2.75) is 15.6 Å². The predicted molar refractivity (Wildman–Crippen MR) is 70.4 cm³/mol. The van der Waals surface area contributed by atoms with Crippen LogP contribution in [-0.2, 0) is 0 Å². The van der Waals surface area contributed by atoms with E-state index in [1.165, 1.54) is 4.34 Å². The topological polar surface area (TPSA) is 25.8 Å². The molecule has 0 aliphatic rings. The smallest absolute Gasteiger partial charge is 0.150 e. The summed E-state index contributed by atoms with van der Waals surface area (Å²) in [6, 6.07) is 0. The highest BCUT2D eigenvalue weighted by molar-refractivity contribution is 8.04. The lowest BCUT2D eigenvalue weighted by molar-refractivity contribution is 1.16. The van der Waals surface area contributed by atoms with Gasteiger partial charge in [0.1, 0.15) is 8.68 Å². The number of rotatable bonds is 5. The van der Waals surface area contributed by atoms with Crippen molar-refractivity contribution in [3.63, 3.8) is 0 Å². The molecule has 2 rings (SSSR count). The van der Waals surface area contributed by atoms with Crippen molar-refractivity contribution in [1.82, 2.24) is 9.97 Å². The zero-order valence-electron chi connectivity index (χ0n) is 8.17. The lowest BCUT2D eigenvalue weighted by Crippen LogP contribution is -1.83. The first kappa shape index (κ1) is 11.4. The molecule has 0 unspecified atom stereocenters. The van der Waals surface area contributed by atoms with Crippen LogP contribution in [0.15, 0.2) is 25.6 Å². The highest BCUT2D eigenvalue weighted by Crippen LogP contribution is 2.26. The van der Waals surface area contributed by atoms with Crippen LogP contribution in [0.25, 0.3) is 0 Å². The van der Waals surface area contributed by atoms with Crippen LogP contribution in [0.3, 0.4) is 0 Å². The summed E-state index contributed by atoms with van der Waals surface area (Å²) in [5, 5.41) is 4.11. The maximum Gasteiger partial charge on any atom is 0.150 e. The van der Waals surface area contributed by atoms with Crippen LogP contribution in [0.4, 0.5) is 0 Å². The van der Waals surface area contributed by atoms with Crippen LogP contribution in [0.5, 0.6) is 0 Å². The molecule has 2 aromatic rings. The first-order valence-corrected chi connectivity index (χ1v) is 8.15. The van der Waals surface area contributed by atoms with E-state index < -0.39 is 0 Å². The lowest BCUT2D eigenvalue weighted by atomic mass is 10.6. The number of aryl methyl sites for hydroxylation is 1. The molecule has 0 N–H and O–H groups in total. The molecule has 0 saturated carbocycles. The van der Waals surface area contributed by atoms with Crippen molar-refractivity contribution in [1.29, 1.82) is 0 Å². The average molecular weight is 274 g/mol. The van der Waals surface area contributed by atoms with Crippen LogP contribution in [-0.4, -0.2) is 21.5 Å². The SMILES string of the molecule is Cc1csc(SCCSc2nccs2)n1. The number of hydrogen-bond acceptors (Lipinski definition) is 6. The first-order chi connectivity index (χ1) is 7.34. The summed E-state index contributed by atoms with van der Waals surface area (Å²) in [6.45, 7) is 2.03. The summed E-state index contributed by atoms with van der Waals surface area (Å²) in [7, 11) is 0. The second-order valence-corrected chi connectivity index (χ2v) is 7.19. The van der Waals surface area contributed by atoms with Gasteiger partial charge in [0.2, 0.25) is 0 Å². The molecule has 0 fully saturated rings. The Balaban J connectivity index is 1.67. The van der Waals surface area contributed by atoms with E-state index in [2.05, 4.69) is 15.3 Å². The summed E-state index contributed by atoms with van der Waals surface area (Å²) < 4.78 is 2.33. The normalized spacial score (nSPS) is 10.7. The summed E-state index contributed by atoms with van der Waals surface area (Å²) in [5.41, 5.74) is 1.12. The van der Waals surface area contributed by atoms with Gasteiger partial charge in [-0.25, -0.2) is 9.97 Å². The second-order valence-electron chi connectivity index (χ2n) is 2.75. The molecule has 2 nitrogen and oxygen atoms in total. The van der Waals surface area contributed by atoms with Crippen LogP contribution < -0.4 is 0 Å².